The summed E-state index contributed by atoms with van der Waals surface area (Å²) in [4.78, 5) is 8.60. The number of fused-ring (bicyclic) bond motifs is 1. The summed E-state index contributed by atoms with van der Waals surface area (Å²) in [5.74, 6) is 0.927. The first-order valence-corrected chi connectivity index (χ1v) is 12.1. The Morgan fingerprint density at radius 1 is 1.21 bits per heavy atom. The molecule has 0 saturated carbocycles. The van der Waals surface area contributed by atoms with Gasteiger partial charge in [-0.05, 0) is 49.3 Å². The third-order valence-corrected chi connectivity index (χ3v) is 5.71. The molecule has 3 aromatic rings. The highest BCUT2D eigenvalue weighted by Gasteiger charge is 2.19. The lowest BCUT2D eigenvalue weighted by Crippen LogP contribution is -2.20. The quantitative estimate of drug-likeness (QED) is 0.535. The van der Waals surface area contributed by atoms with Crippen molar-refractivity contribution in [3.05, 3.63) is 59.7 Å². The second-order valence-corrected chi connectivity index (χ2v) is 9.42. The fourth-order valence-corrected chi connectivity index (χ4v) is 4.12. The van der Waals surface area contributed by atoms with Gasteiger partial charge in [0.15, 0.2) is 11.5 Å². The largest absolute Gasteiger partial charge is 0.493 e. The maximum Gasteiger partial charge on any atom is 0.250 e. The molecular weight excluding hydrogens is 471 g/mol. The molecule has 0 spiro atoms. The van der Waals surface area contributed by atoms with E-state index in [9.17, 15) is 12.8 Å². The van der Waals surface area contributed by atoms with Gasteiger partial charge in [0.25, 0.3) is 0 Å². The van der Waals surface area contributed by atoms with Crippen LogP contribution in [0.3, 0.4) is 0 Å². The van der Waals surface area contributed by atoms with Gasteiger partial charge in [0.2, 0.25) is 10.0 Å². The third kappa shape index (κ3) is 5.58. The molecule has 8 nitrogen and oxygen atoms in total. The molecule has 1 heterocycles. The summed E-state index contributed by atoms with van der Waals surface area (Å²) in [5.41, 5.74) is 1.67. The third-order valence-electron chi connectivity index (χ3n) is 4.85. The fourth-order valence-electron chi connectivity index (χ4n) is 3.36. The number of aromatic nitrogens is 2. The lowest BCUT2D eigenvalue weighted by molar-refractivity contribution is 0.228. The minimum absolute atomic E-state index is 0.00748. The number of sulfonamides is 1. The molecule has 1 unspecified atom stereocenters. The van der Waals surface area contributed by atoms with Crippen LogP contribution in [-0.2, 0) is 10.0 Å². The molecule has 11 heteroatoms. The number of nitrogens with zero attached hydrogens (tertiary/aromatic N) is 3. The Labute approximate surface area is 195 Å². The van der Waals surface area contributed by atoms with Crippen molar-refractivity contribution in [1.29, 1.82) is 0 Å². The lowest BCUT2D eigenvalue weighted by Gasteiger charge is -2.21. The summed E-state index contributed by atoms with van der Waals surface area (Å²) in [6.07, 6.45) is 6.59. The molecule has 0 radical (unpaired) electrons. The van der Waals surface area contributed by atoms with Crippen molar-refractivity contribution >= 4 is 49.7 Å². The summed E-state index contributed by atoms with van der Waals surface area (Å²) < 4.78 is 51.5. The van der Waals surface area contributed by atoms with E-state index in [-0.39, 0.29) is 11.1 Å². The van der Waals surface area contributed by atoms with E-state index in [4.69, 9.17) is 21.1 Å². The van der Waals surface area contributed by atoms with Crippen LogP contribution in [0.25, 0.3) is 10.9 Å². The van der Waals surface area contributed by atoms with E-state index in [1.54, 1.807) is 30.4 Å². The lowest BCUT2D eigenvalue weighted by atomic mass is 10.0. The molecular formula is C22H20ClFN4O4S. The van der Waals surface area contributed by atoms with Crippen LogP contribution in [0.4, 0.5) is 15.9 Å². The summed E-state index contributed by atoms with van der Waals surface area (Å²) in [7, 11) is -1.91. The number of rotatable bonds is 6. The SMILES string of the molecule is COc1cc2ncnc(Nc3ccc(F)c(Cl)c3)c2cc1OC1C=CC(=NS(C)(=O)=O)CC1. The van der Waals surface area contributed by atoms with Crippen LogP contribution in [0.2, 0.25) is 5.02 Å². The number of halogens is 2. The van der Waals surface area contributed by atoms with Gasteiger partial charge in [-0.2, -0.15) is 4.40 Å². The van der Waals surface area contributed by atoms with Gasteiger partial charge in [-0.25, -0.2) is 22.8 Å². The first-order valence-electron chi connectivity index (χ1n) is 9.90. The zero-order valence-electron chi connectivity index (χ0n) is 17.7. The zero-order chi connectivity index (χ0) is 23.6. The van der Waals surface area contributed by atoms with Gasteiger partial charge in [-0.3, -0.25) is 0 Å². The molecule has 1 N–H and O–H groups in total. The number of hydrogen-bond acceptors (Lipinski definition) is 7. The van der Waals surface area contributed by atoms with Crippen molar-refractivity contribution in [3.63, 3.8) is 0 Å². The average Bonchev–Trinajstić information content (AvgIpc) is 2.76. The molecule has 0 amide bonds. The van der Waals surface area contributed by atoms with Crippen molar-refractivity contribution in [2.45, 2.75) is 18.9 Å². The van der Waals surface area contributed by atoms with Gasteiger partial charge in [0, 0.05) is 17.1 Å². The summed E-state index contributed by atoms with van der Waals surface area (Å²) in [6.45, 7) is 0. The zero-order valence-corrected chi connectivity index (χ0v) is 19.3. The van der Waals surface area contributed by atoms with E-state index in [0.29, 0.717) is 52.5 Å². The maximum absolute atomic E-state index is 13.5. The minimum Gasteiger partial charge on any atom is -0.493 e. The number of anilines is 2. The average molecular weight is 491 g/mol. The summed E-state index contributed by atoms with van der Waals surface area (Å²) in [6, 6.07) is 7.78. The van der Waals surface area contributed by atoms with Crippen molar-refractivity contribution in [2.75, 3.05) is 18.7 Å². The first-order chi connectivity index (χ1) is 15.7. The Morgan fingerprint density at radius 2 is 2.03 bits per heavy atom. The van der Waals surface area contributed by atoms with Gasteiger partial charge >= 0.3 is 0 Å². The second kappa shape index (κ2) is 9.32. The highest BCUT2D eigenvalue weighted by Crippen LogP contribution is 2.36. The Hall–Kier alpha value is -3.24. The number of allylic oxidation sites excluding steroid dienone is 1. The van der Waals surface area contributed by atoms with Gasteiger partial charge < -0.3 is 14.8 Å². The fraction of sp³-hybridized carbons (Fsp3) is 0.227. The van der Waals surface area contributed by atoms with Crippen LogP contribution < -0.4 is 14.8 Å². The Bertz CT molecular complexity index is 1380. The van der Waals surface area contributed by atoms with E-state index < -0.39 is 15.8 Å². The Balaban J connectivity index is 1.64. The molecule has 4 rings (SSSR count). The number of methoxy groups -OCH3 is 1. The van der Waals surface area contributed by atoms with Gasteiger partial charge in [0.05, 0.1) is 29.6 Å². The van der Waals surface area contributed by atoms with E-state index >= 15 is 0 Å². The van der Waals surface area contributed by atoms with Gasteiger partial charge in [0.1, 0.15) is 24.1 Å². The predicted molar refractivity (Wildman–Crippen MR) is 126 cm³/mol. The van der Waals surface area contributed by atoms with Crippen LogP contribution in [0.1, 0.15) is 12.8 Å². The van der Waals surface area contributed by atoms with E-state index in [2.05, 4.69) is 19.7 Å². The predicted octanol–water partition coefficient (Wildman–Crippen LogP) is 4.67. The molecule has 1 atom stereocenters. The minimum atomic E-state index is -3.44. The van der Waals surface area contributed by atoms with Crippen molar-refractivity contribution in [1.82, 2.24) is 9.97 Å². The van der Waals surface area contributed by atoms with Gasteiger partial charge in [-0.15, -0.1) is 0 Å². The topological polar surface area (TPSA) is 103 Å². The molecule has 0 bridgehead atoms. The maximum atomic E-state index is 13.5. The molecule has 2 aromatic carbocycles. The normalized spacial score (nSPS) is 17.3. The molecule has 1 aliphatic rings. The van der Waals surface area contributed by atoms with Crippen LogP contribution >= 0.6 is 11.6 Å². The van der Waals surface area contributed by atoms with Crippen LogP contribution in [0, 0.1) is 5.82 Å². The first kappa shape index (κ1) is 22.9. The van der Waals surface area contributed by atoms with E-state index in [1.807, 2.05) is 0 Å². The molecule has 172 valence electrons. The Kier molecular flexibility index (Phi) is 6.48. The Morgan fingerprint density at radius 3 is 2.70 bits per heavy atom. The smallest absolute Gasteiger partial charge is 0.250 e. The molecule has 33 heavy (non-hydrogen) atoms. The molecule has 0 fully saturated rings. The van der Waals surface area contributed by atoms with Crippen LogP contribution in [0.15, 0.2) is 53.2 Å². The monoisotopic (exact) mass is 490 g/mol. The van der Waals surface area contributed by atoms with E-state index in [1.165, 1.54) is 25.6 Å². The number of ether oxygens (including phenoxy) is 2. The van der Waals surface area contributed by atoms with Crippen molar-refractivity contribution < 1.29 is 22.3 Å². The molecule has 0 saturated heterocycles. The van der Waals surface area contributed by atoms with Crippen LogP contribution in [-0.4, -0.2) is 43.6 Å². The number of hydrogen-bond donors (Lipinski definition) is 1. The van der Waals surface area contributed by atoms with Crippen molar-refractivity contribution in [2.24, 2.45) is 4.40 Å². The number of benzene rings is 2. The summed E-state index contributed by atoms with van der Waals surface area (Å²) >= 11 is 5.88. The number of nitrogens with one attached hydrogen (secondary N) is 1. The molecule has 1 aromatic heterocycles. The van der Waals surface area contributed by atoms with E-state index in [0.717, 1.165) is 6.26 Å². The molecule has 1 aliphatic carbocycles. The summed E-state index contributed by atoms with van der Waals surface area (Å²) in [5, 5.41) is 3.78. The highest BCUT2D eigenvalue weighted by molar-refractivity contribution is 7.89. The highest BCUT2D eigenvalue weighted by atomic mass is 35.5. The standard InChI is InChI=1S/C22H20ClFN4O4S/c1-31-20-11-19-16(22(26-12-25-19)27-14-5-8-18(24)17(23)9-14)10-21(20)32-15-6-3-13(4-7-15)28-33(2,29)30/h3,5-6,8-12,15H,4,7H2,1-2H3,(H,25,26,27). The second-order valence-electron chi connectivity index (χ2n) is 7.37. The van der Waals surface area contributed by atoms with Gasteiger partial charge in [-0.1, -0.05) is 11.6 Å². The molecule has 0 aliphatic heterocycles. The van der Waals surface area contributed by atoms with Crippen molar-refractivity contribution in [3.8, 4) is 11.5 Å². The van der Waals surface area contributed by atoms with Crippen LogP contribution in [0.5, 0.6) is 11.5 Å².